The monoisotopic (exact) mass is 331 g/mol. The lowest BCUT2D eigenvalue weighted by Gasteiger charge is -2.36. The molecule has 1 N–H and O–H groups in total. The van der Waals surface area contributed by atoms with Crippen LogP contribution in [0.4, 0.5) is 4.79 Å². The Labute approximate surface area is 142 Å². The molecule has 2 aliphatic heterocycles. The molecular weight excluding hydrogens is 306 g/mol. The summed E-state index contributed by atoms with van der Waals surface area (Å²) in [6, 6.07) is 9.76. The second-order valence-corrected chi connectivity index (χ2v) is 6.37. The molecule has 0 saturated carbocycles. The van der Waals surface area contributed by atoms with Crippen molar-refractivity contribution >= 4 is 11.9 Å². The Morgan fingerprint density at radius 3 is 2.58 bits per heavy atom. The third-order valence-corrected chi connectivity index (χ3v) is 4.67. The van der Waals surface area contributed by atoms with Crippen molar-refractivity contribution in [3.05, 3.63) is 35.9 Å². The summed E-state index contributed by atoms with van der Waals surface area (Å²) < 4.78 is 5.30. The van der Waals surface area contributed by atoms with E-state index < -0.39 is 0 Å². The van der Waals surface area contributed by atoms with Crippen molar-refractivity contribution in [2.75, 3.05) is 39.4 Å². The van der Waals surface area contributed by atoms with Crippen LogP contribution in [0.2, 0.25) is 0 Å². The third kappa shape index (κ3) is 4.26. The Morgan fingerprint density at radius 1 is 1.08 bits per heavy atom. The minimum absolute atomic E-state index is 0.0840. The fourth-order valence-corrected chi connectivity index (χ4v) is 3.29. The molecule has 1 atom stereocenters. The van der Waals surface area contributed by atoms with Gasteiger partial charge in [0.15, 0.2) is 0 Å². The molecule has 0 aliphatic carbocycles. The summed E-state index contributed by atoms with van der Waals surface area (Å²) in [5, 5.41) is 2.95. The molecule has 24 heavy (non-hydrogen) atoms. The smallest absolute Gasteiger partial charge is 0.317 e. The average molecular weight is 331 g/mol. The van der Waals surface area contributed by atoms with Crippen LogP contribution in [0.5, 0.6) is 0 Å². The van der Waals surface area contributed by atoms with Crippen molar-refractivity contribution < 1.29 is 14.3 Å². The molecule has 0 bridgehead atoms. The Kier molecular flexibility index (Phi) is 5.69. The Hall–Kier alpha value is -2.08. The highest BCUT2D eigenvalue weighted by molar-refractivity contribution is 5.81. The van der Waals surface area contributed by atoms with E-state index in [-0.39, 0.29) is 17.9 Å². The standard InChI is InChI=1S/C18H25N3O3/c22-17(20-9-11-24-12-10-20)16-7-4-8-21(14-16)18(23)19-13-15-5-2-1-3-6-15/h1-3,5-6,16H,4,7-14H2,(H,19,23). The van der Waals surface area contributed by atoms with E-state index >= 15 is 0 Å². The van der Waals surface area contributed by atoms with Gasteiger partial charge in [-0.15, -0.1) is 0 Å². The Bertz CT molecular complexity index is 558. The van der Waals surface area contributed by atoms with Gasteiger partial charge in [0.2, 0.25) is 5.91 Å². The van der Waals surface area contributed by atoms with Crippen molar-refractivity contribution in [1.29, 1.82) is 0 Å². The largest absolute Gasteiger partial charge is 0.378 e. The molecule has 1 aromatic carbocycles. The number of ether oxygens (including phenoxy) is 1. The number of urea groups is 1. The van der Waals surface area contributed by atoms with Gasteiger partial charge in [0.1, 0.15) is 0 Å². The second-order valence-electron chi connectivity index (χ2n) is 6.37. The molecular formula is C18H25N3O3. The lowest BCUT2D eigenvalue weighted by molar-refractivity contribution is -0.141. The number of rotatable bonds is 3. The van der Waals surface area contributed by atoms with Gasteiger partial charge in [-0.25, -0.2) is 4.79 Å². The number of nitrogens with one attached hydrogen (secondary N) is 1. The van der Waals surface area contributed by atoms with Gasteiger partial charge >= 0.3 is 6.03 Å². The average Bonchev–Trinajstić information content (AvgIpc) is 2.67. The summed E-state index contributed by atoms with van der Waals surface area (Å²) >= 11 is 0. The molecule has 0 aromatic heterocycles. The van der Waals surface area contributed by atoms with Gasteiger partial charge < -0.3 is 19.9 Å². The number of carbonyl (C=O) groups excluding carboxylic acids is 2. The number of hydrogen-bond donors (Lipinski definition) is 1. The number of benzene rings is 1. The summed E-state index contributed by atoms with van der Waals surface area (Å²) in [6.45, 7) is 4.28. The lowest BCUT2D eigenvalue weighted by atomic mass is 9.96. The van der Waals surface area contributed by atoms with Gasteiger partial charge in [0.25, 0.3) is 0 Å². The molecule has 3 rings (SSSR count). The summed E-state index contributed by atoms with van der Waals surface area (Å²) in [4.78, 5) is 28.6. The van der Waals surface area contributed by atoms with E-state index in [1.165, 1.54) is 0 Å². The van der Waals surface area contributed by atoms with Crippen LogP contribution in [-0.2, 0) is 16.1 Å². The van der Waals surface area contributed by atoms with Crippen LogP contribution in [0.1, 0.15) is 18.4 Å². The van der Waals surface area contributed by atoms with Crippen molar-refractivity contribution in [3.63, 3.8) is 0 Å². The normalized spacial score (nSPS) is 21.4. The maximum Gasteiger partial charge on any atom is 0.317 e. The molecule has 3 amide bonds. The van der Waals surface area contributed by atoms with Crippen LogP contribution in [0.25, 0.3) is 0 Å². The third-order valence-electron chi connectivity index (χ3n) is 4.67. The molecule has 2 heterocycles. The van der Waals surface area contributed by atoms with Gasteiger partial charge in [-0.2, -0.15) is 0 Å². The summed E-state index contributed by atoms with van der Waals surface area (Å²) in [5.41, 5.74) is 1.07. The SMILES string of the molecule is O=C(NCc1ccccc1)N1CCCC(C(=O)N2CCOCC2)C1. The topological polar surface area (TPSA) is 61.9 Å². The molecule has 2 fully saturated rings. The first-order valence-corrected chi connectivity index (χ1v) is 8.67. The number of hydrogen-bond acceptors (Lipinski definition) is 3. The maximum atomic E-state index is 12.6. The highest BCUT2D eigenvalue weighted by atomic mass is 16.5. The van der Waals surface area contributed by atoms with Crippen molar-refractivity contribution in [2.45, 2.75) is 19.4 Å². The summed E-state index contributed by atoms with van der Waals surface area (Å²) in [7, 11) is 0. The number of carbonyl (C=O) groups is 2. The van der Waals surface area contributed by atoms with Crippen molar-refractivity contribution in [3.8, 4) is 0 Å². The van der Waals surface area contributed by atoms with Crippen LogP contribution in [0.3, 0.4) is 0 Å². The van der Waals surface area contributed by atoms with Gasteiger partial charge in [-0.3, -0.25) is 4.79 Å². The lowest BCUT2D eigenvalue weighted by Crippen LogP contribution is -2.51. The van der Waals surface area contributed by atoms with Crippen molar-refractivity contribution in [2.24, 2.45) is 5.92 Å². The zero-order chi connectivity index (χ0) is 16.8. The predicted molar refractivity (Wildman–Crippen MR) is 90.4 cm³/mol. The number of amides is 3. The van der Waals surface area contributed by atoms with Gasteiger partial charge in [0, 0.05) is 32.7 Å². The first-order chi connectivity index (χ1) is 11.7. The minimum Gasteiger partial charge on any atom is -0.378 e. The quantitative estimate of drug-likeness (QED) is 0.912. The zero-order valence-electron chi connectivity index (χ0n) is 13.9. The van der Waals surface area contributed by atoms with E-state index in [0.29, 0.717) is 45.9 Å². The Balaban J connectivity index is 1.50. The first-order valence-electron chi connectivity index (χ1n) is 8.67. The van der Waals surface area contributed by atoms with E-state index in [2.05, 4.69) is 5.32 Å². The number of piperidine rings is 1. The fourth-order valence-electron chi connectivity index (χ4n) is 3.29. The number of nitrogens with zero attached hydrogens (tertiary/aromatic N) is 2. The Morgan fingerprint density at radius 2 is 1.83 bits per heavy atom. The van der Waals surface area contributed by atoms with Crippen LogP contribution in [-0.4, -0.2) is 61.1 Å². The van der Waals surface area contributed by atoms with E-state index in [4.69, 9.17) is 4.74 Å². The molecule has 6 heteroatoms. The molecule has 1 unspecified atom stereocenters. The van der Waals surface area contributed by atoms with Gasteiger partial charge in [0.05, 0.1) is 19.1 Å². The molecule has 6 nitrogen and oxygen atoms in total. The van der Waals surface area contributed by atoms with Gasteiger partial charge in [-0.05, 0) is 18.4 Å². The van der Waals surface area contributed by atoms with E-state index in [1.54, 1.807) is 4.90 Å². The second kappa shape index (κ2) is 8.15. The fraction of sp³-hybridized carbons (Fsp3) is 0.556. The summed E-state index contributed by atoms with van der Waals surface area (Å²) in [5.74, 6) is 0.0817. The highest BCUT2D eigenvalue weighted by Crippen LogP contribution is 2.19. The summed E-state index contributed by atoms with van der Waals surface area (Å²) in [6.07, 6.45) is 1.73. The van der Waals surface area contributed by atoms with Crippen LogP contribution < -0.4 is 5.32 Å². The van der Waals surface area contributed by atoms with E-state index in [9.17, 15) is 9.59 Å². The highest BCUT2D eigenvalue weighted by Gasteiger charge is 2.31. The maximum absolute atomic E-state index is 12.6. The van der Waals surface area contributed by atoms with E-state index in [0.717, 1.165) is 18.4 Å². The molecule has 130 valence electrons. The van der Waals surface area contributed by atoms with Crippen LogP contribution in [0, 0.1) is 5.92 Å². The number of likely N-dealkylation sites (tertiary alicyclic amines) is 1. The first kappa shape index (κ1) is 16.8. The van der Waals surface area contributed by atoms with Crippen LogP contribution in [0.15, 0.2) is 30.3 Å². The molecule has 2 aliphatic rings. The molecule has 0 radical (unpaired) electrons. The molecule has 1 aromatic rings. The van der Waals surface area contributed by atoms with Gasteiger partial charge in [-0.1, -0.05) is 30.3 Å². The van der Waals surface area contributed by atoms with E-state index in [1.807, 2.05) is 35.2 Å². The zero-order valence-corrected chi connectivity index (χ0v) is 13.9. The predicted octanol–water partition coefficient (Wildman–Crippen LogP) is 1.47. The van der Waals surface area contributed by atoms with Crippen LogP contribution >= 0.6 is 0 Å². The molecule has 2 saturated heterocycles. The minimum atomic E-state index is -0.0849. The molecule has 0 spiro atoms. The number of morpholine rings is 1. The van der Waals surface area contributed by atoms with Crippen molar-refractivity contribution in [1.82, 2.24) is 15.1 Å².